The van der Waals surface area contributed by atoms with Gasteiger partial charge >= 0.3 is 0 Å². The second-order valence-corrected chi connectivity index (χ2v) is 4.79. The fourth-order valence-corrected chi connectivity index (χ4v) is 2.36. The number of rotatable bonds is 3. The Morgan fingerprint density at radius 1 is 1.44 bits per heavy atom. The Morgan fingerprint density at radius 2 is 2.22 bits per heavy atom. The highest BCUT2D eigenvalue weighted by molar-refractivity contribution is 5.94. The second-order valence-electron chi connectivity index (χ2n) is 4.79. The molecule has 1 aliphatic heterocycles. The second kappa shape index (κ2) is 5.87. The van der Waals surface area contributed by atoms with Gasteiger partial charge in [0.05, 0.1) is 18.7 Å². The van der Waals surface area contributed by atoms with E-state index in [4.69, 9.17) is 4.74 Å². The monoisotopic (exact) mass is 248 g/mol. The van der Waals surface area contributed by atoms with Crippen molar-refractivity contribution in [1.29, 1.82) is 0 Å². The molecule has 1 aromatic carbocycles. The number of para-hydroxylation sites is 2. The van der Waals surface area contributed by atoms with E-state index >= 15 is 0 Å². The van der Waals surface area contributed by atoms with E-state index in [1.165, 1.54) is 0 Å². The molecule has 0 saturated carbocycles. The lowest BCUT2D eigenvalue weighted by molar-refractivity contribution is -0.121. The van der Waals surface area contributed by atoms with Crippen LogP contribution in [0.2, 0.25) is 0 Å². The number of ether oxygens (including phenoxy) is 1. The molecule has 0 spiro atoms. The number of methoxy groups -OCH3 is 1. The highest BCUT2D eigenvalue weighted by atomic mass is 16.5. The van der Waals surface area contributed by atoms with Gasteiger partial charge in [-0.3, -0.25) is 4.79 Å². The van der Waals surface area contributed by atoms with Crippen LogP contribution in [0, 0.1) is 5.92 Å². The minimum Gasteiger partial charge on any atom is -0.495 e. The first-order valence-corrected chi connectivity index (χ1v) is 6.33. The zero-order valence-electron chi connectivity index (χ0n) is 11.0. The van der Waals surface area contributed by atoms with E-state index in [0.29, 0.717) is 5.75 Å². The molecule has 0 unspecified atom stereocenters. The predicted molar refractivity (Wildman–Crippen MR) is 71.8 cm³/mol. The van der Waals surface area contributed by atoms with Crippen LogP contribution in [0.3, 0.4) is 0 Å². The van der Waals surface area contributed by atoms with Gasteiger partial charge in [0.1, 0.15) is 5.75 Å². The van der Waals surface area contributed by atoms with Crippen LogP contribution in [0.25, 0.3) is 0 Å². The van der Waals surface area contributed by atoms with Crippen molar-refractivity contribution in [3.8, 4) is 5.75 Å². The standard InChI is InChI=1S/C14H20N2O2/c1-16-9-5-6-11(10-16)14(17)15-12-7-3-4-8-13(12)18-2/h3-4,7-8,11H,5-6,9-10H2,1-2H3,(H,15,17)/t11-/m1/s1. The van der Waals surface area contributed by atoms with Crippen molar-refractivity contribution in [3.63, 3.8) is 0 Å². The van der Waals surface area contributed by atoms with Crippen LogP contribution in [0.5, 0.6) is 5.75 Å². The lowest BCUT2D eigenvalue weighted by Gasteiger charge is -2.28. The lowest BCUT2D eigenvalue weighted by Crippen LogP contribution is -2.38. The Labute approximate surface area is 108 Å². The molecular weight excluding hydrogens is 228 g/mol. The van der Waals surface area contributed by atoms with Crippen LogP contribution in [-0.2, 0) is 4.79 Å². The molecule has 1 aliphatic rings. The third-order valence-electron chi connectivity index (χ3n) is 3.36. The van der Waals surface area contributed by atoms with Gasteiger partial charge in [0, 0.05) is 6.54 Å². The van der Waals surface area contributed by atoms with Crippen molar-refractivity contribution in [2.45, 2.75) is 12.8 Å². The normalized spacial score (nSPS) is 20.4. The first kappa shape index (κ1) is 12.9. The number of hydrogen-bond acceptors (Lipinski definition) is 3. The molecule has 2 rings (SSSR count). The SMILES string of the molecule is COc1ccccc1NC(=O)[C@@H]1CCCN(C)C1. The van der Waals surface area contributed by atoms with Crippen LogP contribution in [0.15, 0.2) is 24.3 Å². The maximum Gasteiger partial charge on any atom is 0.228 e. The van der Waals surface area contributed by atoms with Crippen LogP contribution >= 0.6 is 0 Å². The molecule has 0 aromatic heterocycles. The Morgan fingerprint density at radius 3 is 2.94 bits per heavy atom. The summed E-state index contributed by atoms with van der Waals surface area (Å²) in [7, 11) is 3.67. The van der Waals surface area contributed by atoms with Crippen molar-refractivity contribution in [2.75, 3.05) is 32.6 Å². The van der Waals surface area contributed by atoms with E-state index in [2.05, 4.69) is 17.3 Å². The van der Waals surface area contributed by atoms with Gasteiger partial charge in [0.15, 0.2) is 0 Å². The Hall–Kier alpha value is -1.55. The molecule has 1 heterocycles. The third kappa shape index (κ3) is 3.01. The van der Waals surface area contributed by atoms with E-state index in [1.54, 1.807) is 7.11 Å². The number of hydrogen-bond donors (Lipinski definition) is 1. The fraction of sp³-hybridized carbons (Fsp3) is 0.500. The summed E-state index contributed by atoms with van der Waals surface area (Å²) < 4.78 is 5.23. The smallest absolute Gasteiger partial charge is 0.228 e. The van der Waals surface area contributed by atoms with E-state index in [1.807, 2.05) is 24.3 Å². The van der Waals surface area contributed by atoms with E-state index in [-0.39, 0.29) is 11.8 Å². The van der Waals surface area contributed by atoms with Gasteiger partial charge in [-0.25, -0.2) is 0 Å². The molecule has 1 atom stereocenters. The maximum absolute atomic E-state index is 12.2. The number of anilines is 1. The number of piperidine rings is 1. The number of likely N-dealkylation sites (tertiary alicyclic amines) is 1. The molecule has 0 radical (unpaired) electrons. The predicted octanol–water partition coefficient (Wildman–Crippen LogP) is 1.98. The average molecular weight is 248 g/mol. The summed E-state index contributed by atoms with van der Waals surface area (Å²) in [6.07, 6.45) is 2.05. The van der Waals surface area contributed by atoms with Gasteiger partial charge in [0.2, 0.25) is 5.91 Å². The summed E-state index contributed by atoms with van der Waals surface area (Å²) >= 11 is 0. The number of carbonyl (C=O) groups is 1. The minimum absolute atomic E-state index is 0.0775. The first-order chi connectivity index (χ1) is 8.70. The summed E-state index contributed by atoms with van der Waals surface area (Å²) in [6.45, 7) is 1.92. The summed E-state index contributed by atoms with van der Waals surface area (Å²) in [5, 5.41) is 2.96. The average Bonchev–Trinajstić information content (AvgIpc) is 2.39. The van der Waals surface area contributed by atoms with Crippen LogP contribution < -0.4 is 10.1 Å². The van der Waals surface area contributed by atoms with Gasteiger partial charge in [0.25, 0.3) is 0 Å². The zero-order valence-corrected chi connectivity index (χ0v) is 11.0. The maximum atomic E-state index is 12.2. The quantitative estimate of drug-likeness (QED) is 0.889. The zero-order chi connectivity index (χ0) is 13.0. The molecule has 98 valence electrons. The highest BCUT2D eigenvalue weighted by Gasteiger charge is 2.24. The molecule has 4 nitrogen and oxygen atoms in total. The number of nitrogens with zero attached hydrogens (tertiary/aromatic N) is 1. The Kier molecular flexibility index (Phi) is 4.20. The van der Waals surface area contributed by atoms with E-state index in [0.717, 1.165) is 31.6 Å². The van der Waals surface area contributed by atoms with Crippen LogP contribution in [0.1, 0.15) is 12.8 Å². The van der Waals surface area contributed by atoms with Crippen molar-refractivity contribution in [2.24, 2.45) is 5.92 Å². The largest absolute Gasteiger partial charge is 0.495 e. The van der Waals surface area contributed by atoms with Crippen molar-refractivity contribution in [1.82, 2.24) is 4.90 Å². The van der Waals surface area contributed by atoms with Crippen LogP contribution in [0.4, 0.5) is 5.69 Å². The van der Waals surface area contributed by atoms with E-state index in [9.17, 15) is 4.79 Å². The number of benzene rings is 1. The molecule has 1 fully saturated rings. The summed E-state index contributed by atoms with van der Waals surface area (Å²) in [6, 6.07) is 7.50. The van der Waals surface area contributed by atoms with Gasteiger partial charge < -0.3 is 15.0 Å². The highest BCUT2D eigenvalue weighted by Crippen LogP contribution is 2.25. The van der Waals surface area contributed by atoms with Crippen molar-refractivity contribution in [3.05, 3.63) is 24.3 Å². The summed E-state index contributed by atoms with van der Waals surface area (Å²) in [5.41, 5.74) is 0.748. The molecule has 0 aliphatic carbocycles. The van der Waals surface area contributed by atoms with Crippen molar-refractivity contribution >= 4 is 11.6 Å². The summed E-state index contributed by atoms with van der Waals surface area (Å²) in [4.78, 5) is 14.4. The Balaban J connectivity index is 2.02. The molecule has 1 amide bonds. The van der Waals surface area contributed by atoms with Gasteiger partial charge in [-0.2, -0.15) is 0 Å². The molecule has 4 heteroatoms. The Bertz CT molecular complexity index is 420. The lowest BCUT2D eigenvalue weighted by atomic mass is 9.97. The fourth-order valence-electron chi connectivity index (χ4n) is 2.36. The molecule has 18 heavy (non-hydrogen) atoms. The van der Waals surface area contributed by atoms with Gasteiger partial charge in [-0.05, 0) is 38.6 Å². The number of nitrogens with one attached hydrogen (secondary N) is 1. The molecular formula is C14H20N2O2. The first-order valence-electron chi connectivity index (χ1n) is 6.33. The topological polar surface area (TPSA) is 41.6 Å². The molecule has 0 bridgehead atoms. The van der Waals surface area contributed by atoms with Gasteiger partial charge in [-0.1, -0.05) is 12.1 Å². The molecule has 1 saturated heterocycles. The number of amides is 1. The minimum atomic E-state index is 0.0775. The molecule has 1 aromatic rings. The van der Waals surface area contributed by atoms with Gasteiger partial charge in [-0.15, -0.1) is 0 Å². The van der Waals surface area contributed by atoms with Crippen LogP contribution in [-0.4, -0.2) is 38.1 Å². The number of carbonyl (C=O) groups excluding carboxylic acids is 1. The van der Waals surface area contributed by atoms with E-state index < -0.39 is 0 Å². The summed E-state index contributed by atoms with van der Waals surface area (Å²) in [5.74, 6) is 0.870. The third-order valence-corrected chi connectivity index (χ3v) is 3.36. The molecule has 1 N–H and O–H groups in total. The van der Waals surface area contributed by atoms with Crippen molar-refractivity contribution < 1.29 is 9.53 Å².